The van der Waals surface area contributed by atoms with Gasteiger partial charge in [0.15, 0.2) is 0 Å². The molecule has 0 aromatic carbocycles. The van der Waals surface area contributed by atoms with Crippen molar-refractivity contribution >= 4 is 12.4 Å². The molecule has 120 valence electrons. The smallest absolute Gasteiger partial charge is 0.137 e. The molecule has 0 amide bonds. The van der Waals surface area contributed by atoms with E-state index in [1.54, 1.807) is 12.5 Å². The summed E-state index contributed by atoms with van der Waals surface area (Å²) in [5.41, 5.74) is 7.75. The molecule has 2 aromatic rings. The summed E-state index contributed by atoms with van der Waals surface area (Å²) >= 11 is 0. The highest BCUT2D eigenvalue weighted by Crippen LogP contribution is 2.13. The fourth-order valence-corrected chi connectivity index (χ4v) is 2.72. The molecule has 22 heavy (non-hydrogen) atoms. The maximum atomic E-state index is 4.46. The molecule has 3 heterocycles. The number of aromatic nitrogens is 3. The normalized spacial score (nSPS) is 24.2. The average Bonchev–Trinajstić information content (AvgIpc) is 3.13. The van der Waals surface area contributed by atoms with Gasteiger partial charge in [-0.15, -0.1) is 12.4 Å². The molecule has 7 heteroatoms. The van der Waals surface area contributed by atoms with E-state index in [0.29, 0.717) is 18.0 Å². The Kier molecular flexibility index (Phi) is 5.90. The van der Waals surface area contributed by atoms with Gasteiger partial charge in [-0.25, -0.2) is 9.97 Å². The highest BCUT2D eigenvalue weighted by Gasteiger charge is 2.28. The van der Waals surface area contributed by atoms with Crippen molar-refractivity contribution in [2.45, 2.75) is 32.5 Å². The van der Waals surface area contributed by atoms with Crippen molar-refractivity contribution in [3.63, 3.8) is 0 Å². The molecule has 0 spiro atoms. The van der Waals surface area contributed by atoms with E-state index in [2.05, 4.69) is 46.1 Å². The number of imidazole rings is 1. The molecule has 2 atom stereocenters. The van der Waals surface area contributed by atoms with Gasteiger partial charge in [0.1, 0.15) is 12.1 Å². The summed E-state index contributed by atoms with van der Waals surface area (Å²) in [5, 5.41) is 3.52. The lowest BCUT2D eigenvalue weighted by Gasteiger charge is -2.18. The fourth-order valence-electron chi connectivity index (χ4n) is 2.72. The monoisotopic (exact) mass is 322 g/mol. The van der Waals surface area contributed by atoms with Crippen molar-refractivity contribution in [1.29, 1.82) is 0 Å². The number of nitrogens with zero attached hydrogens (tertiary/aromatic N) is 3. The number of halogens is 1. The van der Waals surface area contributed by atoms with Gasteiger partial charge in [-0.3, -0.25) is 15.4 Å². The van der Waals surface area contributed by atoms with E-state index in [4.69, 9.17) is 0 Å². The van der Waals surface area contributed by atoms with Crippen LogP contribution in [-0.4, -0.2) is 33.2 Å². The Morgan fingerprint density at radius 2 is 2.00 bits per heavy atom. The van der Waals surface area contributed by atoms with Gasteiger partial charge < -0.3 is 5.32 Å². The number of rotatable bonds is 5. The molecule has 1 fully saturated rings. The van der Waals surface area contributed by atoms with Crippen molar-refractivity contribution in [2.24, 2.45) is 5.92 Å². The zero-order valence-corrected chi connectivity index (χ0v) is 13.7. The Morgan fingerprint density at radius 1 is 1.23 bits per heavy atom. The summed E-state index contributed by atoms with van der Waals surface area (Å²) in [7, 11) is 0. The number of hydrogen-bond acceptors (Lipinski definition) is 5. The van der Waals surface area contributed by atoms with Gasteiger partial charge >= 0.3 is 0 Å². The second kappa shape index (κ2) is 7.69. The van der Waals surface area contributed by atoms with E-state index in [1.165, 1.54) is 5.56 Å². The molecule has 3 N–H and O–H groups in total. The van der Waals surface area contributed by atoms with Crippen molar-refractivity contribution in [3.8, 4) is 5.82 Å². The summed E-state index contributed by atoms with van der Waals surface area (Å²) in [6.07, 6.45) is 7.32. The maximum absolute atomic E-state index is 4.46. The number of nitrogens with one attached hydrogen (secondary N) is 3. The summed E-state index contributed by atoms with van der Waals surface area (Å²) < 4.78 is 1.90. The lowest BCUT2D eigenvalue weighted by molar-refractivity contribution is 0.412. The molecular formula is C15H23ClN6. The SMILES string of the molecule is CC1NNC(C)C1CNCc1ccc(-n2ccnc2)nc1.Cl. The maximum Gasteiger partial charge on any atom is 0.137 e. The van der Waals surface area contributed by atoms with Gasteiger partial charge in [-0.05, 0) is 25.5 Å². The Morgan fingerprint density at radius 3 is 2.59 bits per heavy atom. The van der Waals surface area contributed by atoms with Gasteiger partial charge in [-0.2, -0.15) is 0 Å². The molecule has 6 nitrogen and oxygen atoms in total. The van der Waals surface area contributed by atoms with E-state index in [-0.39, 0.29) is 12.4 Å². The minimum Gasteiger partial charge on any atom is -0.312 e. The molecule has 1 saturated heterocycles. The van der Waals surface area contributed by atoms with E-state index in [1.807, 2.05) is 23.0 Å². The lowest BCUT2D eigenvalue weighted by atomic mass is 9.97. The van der Waals surface area contributed by atoms with Crippen molar-refractivity contribution < 1.29 is 0 Å². The summed E-state index contributed by atoms with van der Waals surface area (Å²) in [6.45, 7) is 6.26. The molecule has 0 bridgehead atoms. The van der Waals surface area contributed by atoms with E-state index >= 15 is 0 Å². The third kappa shape index (κ3) is 3.84. The van der Waals surface area contributed by atoms with Gasteiger partial charge in [0.2, 0.25) is 0 Å². The third-order valence-corrected chi connectivity index (χ3v) is 4.11. The second-order valence-corrected chi connectivity index (χ2v) is 5.66. The standard InChI is InChI=1S/C15H22N6.ClH/c1-11-14(12(2)20-19-11)9-17-7-13-3-4-15(18-8-13)21-6-5-16-10-21;/h3-6,8,10-12,14,17,19-20H,7,9H2,1-2H3;1H. The van der Waals surface area contributed by atoms with Crippen LogP contribution in [0.5, 0.6) is 0 Å². The van der Waals surface area contributed by atoms with Crippen LogP contribution in [-0.2, 0) is 6.54 Å². The zero-order valence-electron chi connectivity index (χ0n) is 12.9. The van der Waals surface area contributed by atoms with Gasteiger partial charge in [0, 0.05) is 49.7 Å². The van der Waals surface area contributed by atoms with Crippen LogP contribution in [0.4, 0.5) is 0 Å². The Balaban J connectivity index is 0.00000176. The van der Waals surface area contributed by atoms with Gasteiger partial charge in [-0.1, -0.05) is 6.07 Å². The number of hydrazine groups is 1. The topological polar surface area (TPSA) is 66.8 Å². The predicted molar refractivity (Wildman–Crippen MR) is 89.0 cm³/mol. The molecule has 1 aliphatic rings. The Hall–Kier alpha value is -1.47. The first-order valence-corrected chi connectivity index (χ1v) is 7.39. The highest BCUT2D eigenvalue weighted by atomic mass is 35.5. The molecule has 0 saturated carbocycles. The Labute approximate surface area is 137 Å². The van der Waals surface area contributed by atoms with Crippen LogP contribution in [0.25, 0.3) is 5.82 Å². The van der Waals surface area contributed by atoms with E-state index in [0.717, 1.165) is 18.9 Å². The largest absolute Gasteiger partial charge is 0.312 e. The Bertz CT molecular complexity index is 546. The first-order valence-electron chi connectivity index (χ1n) is 7.39. The van der Waals surface area contributed by atoms with E-state index in [9.17, 15) is 0 Å². The minimum absolute atomic E-state index is 0. The van der Waals surface area contributed by atoms with Crippen LogP contribution in [0.1, 0.15) is 19.4 Å². The quantitative estimate of drug-likeness (QED) is 0.774. The summed E-state index contributed by atoms with van der Waals surface area (Å²) in [6, 6.07) is 5.11. The van der Waals surface area contributed by atoms with Crippen molar-refractivity contribution in [3.05, 3.63) is 42.6 Å². The summed E-state index contributed by atoms with van der Waals surface area (Å²) in [4.78, 5) is 8.49. The number of hydrogen-bond donors (Lipinski definition) is 3. The molecule has 0 aliphatic carbocycles. The average molecular weight is 323 g/mol. The molecule has 0 radical (unpaired) electrons. The molecular weight excluding hydrogens is 300 g/mol. The van der Waals surface area contributed by atoms with Gasteiger partial charge in [0.05, 0.1) is 0 Å². The molecule has 1 aliphatic heterocycles. The molecule has 2 unspecified atom stereocenters. The van der Waals surface area contributed by atoms with Crippen LogP contribution in [0.2, 0.25) is 0 Å². The third-order valence-electron chi connectivity index (χ3n) is 4.11. The van der Waals surface area contributed by atoms with Gasteiger partial charge in [0.25, 0.3) is 0 Å². The zero-order chi connectivity index (χ0) is 14.7. The van der Waals surface area contributed by atoms with Crippen molar-refractivity contribution in [1.82, 2.24) is 30.7 Å². The first-order chi connectivity index (χ1) is 10.2. The number of pyridine rings is 1. The summed E-state index contributed by atoms with van der Waals surface area (Å²) in [5.74, 6) is 1.49. The lowest BCUT2D eigenvalue weighted by Crippen LogP contribution is -2.33. The van der Waals surface area contributed by atoms with Crippen LogP contribution in [0.15, 0.2) is 37.1 Å². The van der Waals surface area contributed by atoms with Crippen LogP contribution >= 0.6 is 12.4 Å². The van der Waals surface area contributed by atoms with Crippen LogP contribution < -0.4 is 16.2 Å². The van der Waals surface area contributed by atoms with Crippen LogP contribution in [0.3, 0.4) is 0 Å². The second-order valence-electron chi connectivity index (χ2n) is 5.66. The predicted octanol–water partition coefficient (Wildman–Crippen LogP) is 1.28. The van der Waals surface area contributed by atoms with Crippen molar-refractivity contribution in [2.75, 3.05) is 6.54 Å². The fraction of sp³-hybridized carbons (Fsp3) is 0.467. The minimum atomic E-state index is 0. The molecule has 3 rings (SSSR count). The highest BCUT2D eigenvalue weighted by molar-refractivity contribution is 5.85. The first kappa shape index (κ1) is 16.9. The van der Waals surface area contributed by atoms with Crippen LogP contribution in [0, 0.1) is 5.92 Å². The molecule has 2 aromatic heterocycles. The van der Waals surface area contributed by atoms with E-state index < -0.39 is 0 Å².